The van der Waals surface area contributed by atoms with Gasteiger partial charge in [0.1, 0.15) is 17.0 Å². The summed E-state index contributed by atoms with van der Waals surface area (Å²) >= 11 is 1.73. The first-order valence-electron chi connectivity index (χ1n) is 8.77. The van der Waals surface area contributed by atoms with Gasteiger partial charge in [-0.25, -0.2) is 9.97 Å². The summed E-state index contributed by atoms with van der Waals surface area (Å²) in [5.74, 6) is 1.36. The highest BCUT2D eigenvalue weighted by Gasteiger charge is 2.27. The van der Waals surface area contributed by atoms with Gasteiger partial charge in [-0.15, -0.1) is 11.3 Å². The van der Waals surface area contributed by atoms with Crippen molar-refractivity contribution in [1.29, 1.82) is 0 Å². The zero-order valence-corrected chi connectivity index (χ0v) is 15.7. The van der Waals surface area contributed by atoms with Crippen LogP contribution in [0.25, 0.3) is 10.2 Å². The van der Waals surface area contributed by atoms with Crippen LogP contribution >= 0.6 is 11.3 Å². The van der Waals surface area contributed by atoms with Crippen molar-refractivity contribution in [3.63, 3.8) is 0 Å². The molecule has 0 aliphatic carbocycles. The van der Waals surface area contributed by atoms with E-state index >= 15 is 0 Å². The number of carbonyl (C=O) groups excluding carboxylic acids is 1. The third kappa shape index (κ3) is 3.24. The molecule has 24 heavy (non-hydrogen) atoms. The first kappa shape index (κ1) is 17.1. The lowest BCUT2D eigenvalue weighted by molar-refractivity contribution is -0.126. The van der Waals surface area contributed by atoms with Crippen molar-refractivity contribution in [2.75, 3.05) is 18.0 Å². The van der Waals surface area contributed by atoms with E-state index in [2.05, 4.69) is 47.9 Å². The van der Waals surface area contributed by atoms with Gasteiger partial charge in [0.2, 0.25) is 5.91 Å². The Morgan fingerprint density at radius 2 is 2.08 bits per heavy atom. The van der Waals surface area contributed by atoms with Crippen molar-refractivity contribution in [1.82, 2.24) is 15.3 Å². The third-order valence-electron chi connectivity index (χ3n) is 5.11. The number of nitrogens with one attached hydrogen (secondary N) is 1. The monoisotopic (exact) mass is 346 g/mol. The highest BCUT2D eigenvalue weighted by molar-refractivity contribution is 7.18. The maximum atomic E-state index is 12.3. The smallest absolute Gasteiger partial charge is 0.223 e. The molecule has 0 aromatic carbocycles. The largest absolute Gasteiger partial charge is 0.356 e. The molecule has 1 aliphatic rings. The Kier molecular flexibility index (Phi) is 5.04. The highest BCUT2D eigenvalue weighted by atomic mass is 32.1. The van der Waals surface area contributed by atoms with E-state index in [1.165, 1.54) is 15.8 Å². The number of rotatable bonds is 4. The van der Waals surface area contributed by atoms with E-state index in [1.54, 1.807) is 17.7 Å². The molecule has 1 amide bonds. The molecule has 2 aromatic rings. The van der Waals surface area contributed by atoms with Gasteiger partial charge in [-0.05, 0) is 45.6 Å². The summed E-state index contributed by atoms with van der Waals surface area (Å²) in [6, 6.07) is 0.258. The van der Waals surface area contributed by atoms with Gasteiger partial charge >= 0.3 is 0 Å². The normalized spacial score (nSPS) is 17.2. The average molecular weight is 347 g/mol. The minimum Gasteiger partial charge on any atom is -0.356 e. The van der Waals surface area contributed by atoms with E-state index in [0.29, 0.717) is 0 Å². The van der Waals surface area contributed by atoms with Crippen molar-refractivity contribution in [3.05, 3.63) is 16.8 Å². The lowest BCUT2D eigenvalue weighted by atomic mass is 9.95. The van der Waals surface area contributed by atoms with Crippen molar-refractivity contribution >= 4 is 33.3 Å². The van der Waals surface area contributed by atoms with E-state index in [9.17, 15) is 4.79 Å². The summed E-state index contributed by atoms with van der Waals surface area (Å²) in [6.07, 6.45) is 4.40. The van der Waals surface area contributed by atoms with E-state index in [-0.39, 0.29) is 17.9 Å². The Hall–Kier alpha value is -1.69. The number of fused-ring (bicyclic) bond motifs is 1. The molecule has 0 saturated carbocycles. The molecule has 1 aliphatic heterocycles. The molecule has 3 heterocycles. The highest BCUT2D eigenvalue weighted by Crippen LogP contribution is 2.35. The first-order valence-corrected chi connectivity index (χ1v) is 9.59. The van der Waals surface area contributed by atoms with Crippen LogP contribution in [0.5, 0.6) is 0 Å². The number of carbonyl (C=O) groups is 1. The Morgan fingerprint density at radius 3 is 2.75 bits per heavy atom. The number of amides is 1. The van der Waals surface area contributed by atoms with Crippen molar-refractivity contribution in [3.8, 4) is 0 Å². The van der Waals surface area contributed by atoms with Gasteiger partial charge < -0.3 is 10.2 Å². The predicted octanol–water partition coefficient (Wildman–Crippen LogP) is 3.44. The van der Waals surface area contributed by atoms with Crippen LogP contribution in [0.4, 0.5) is 5.82 Å². The van der Waals surface area contributed by atoms with Crippen LogP contribution in [0, 0.1) is 19.8 Å². The van der Waals surface area contributed by atoms with Crippen molar-refractivity contribution < 1.29 is 4.79 Å². The molecular weight excluding hydrogens is 320 g/mol. The lowest BCUT2D eigenvalue weighted by Crippen LogP contribution is -2.43. The Bertz CT molecular complexity index is 734. The molecule has 2 aromatic heterocycles. The number of hydrogen-bond acceptors (Lipinski definition) is 5. The Balaban J connectivity index is 1.72. The summed E-state index contributed by atoms with van der Waals surface area (Å²) in [7, 11) is 0. The van der Waals surface area contributed by atoms with E-state index in [1.807, 2.05) is 0 Å². The van der Waals surface area contributed by atoms with Gasteiger partial charge in [-0.1, -0.05) is 6.92 Å². The number of nitrogens with zero attached hydrogens (tertiary/aromatic N) is 3. The molecule has 1 saturated heterocycles. The molecular formula is C18H26N4OS. The van der Waals surface area contributed by atoms with Crippen LogP contribution in [-0.4, -0.2) is 35.0 Å². The predicted molar refractivity (Wildman–Crippen MR) is 99.7 cm³/mol. The fourth-order valence-corrected chi connectivity index (χ4v) is 4.21. The van der Waals surface area contributed by atoms with Gasteiger partial charge in [0.25, 0.3) is 0 Å². The van der Waals surface area contributed by atoms with Crippen molar-refractivity contribution in [2.45, 2.75) is 53.0 Å². The van der Waals surface area contributed by atoms with Crippen LogP contribution in [0.3, 0.4) is 0 Å². The minimum atomic E-state index is 0.123. The van der Waals surface area contributed by atoms with Crippen LogP contribution in [0.15, 0.2) is 6.33 Å². The summed E-state index contributed by atoms with van der Waals surface area (Å²) in [4.78, 5) is 26.0. The van der Waals surface area contributed by atoms with Crippen molar-refractivity contribution in [2.24, 2.45) is 5.92 Å². The maximum absolute atomic E-state index is 12.3. The Labute approximate surface area is 147 Å². The molecule has 0 radical (unpaired) electrons. The first-order chi connectivity index (χ1) is 11.5. The fourth-order valence-electron chi connectivity index (χ4n) is 3.22. The summed E-state index contributed by atoms with van der Waals surface area (Å²) in [5.41, 5.74) is 1.28. The maximum Gasteiger partial charge on any atom is 0.223 e. The van der Waals surface area contributed by atoms with Gasteiger partial charge in [0, 0.05) is 29.9 Å². The third-order valence-corrected chi connectivity index (χ3v) is 6.23. The molecule has 1 fully saturated rings. The van der Waals surface area contributed by atoms with Crippen LogP contribution in [0.2, 0.25) is 0 Å². The number of piperidine rings is 1. The summed E-state index contributed by atoms with van der Waals surface area (Å²) in [5, 5.41) is 4.30. The molecule has 6 heteroatoms. The summed E-state index contributed by atoms with van der Waals surface area (Å²) in [6.45, 7) is 10.2. The second kappa shape index (κ2) is 7.05. The zero-order chi connectivity index (χ0) is 17.3. The van der Waals surface area contributed by atoms with Crippen LogP contribution in [0.1, 0.15) is 43.6 Å². The number of anilines is 1. The van der Waals surface area contributed by atoms with E-state index < -0.39 is 0 Å². The number of aryl methyl sites for hydroxylation is 2. The number of aromatic nitrogens is 2. The second-order valence-electron chi connectivity index (χ2n) is 6.74. The fraction of sp³-hybridized carbons (Fsp3) is 0.611. The molecule has 0 spiro atoms. The molecule has 1 atom stereocenters. The molecule has 0 bridgehead atoms. The van der Waals surface area contributed by atoms with Crippen LogP contribution < -0.4 is 10.2 Å². The molecule has 130 valence electrons. The minimum absolute atomic E-state index is 0.123. The standard InChI is InChI=1S/C18H26N4OS/c1-5-11(2)21-17(23)14-6-8-22(9-7-14)16-15-12(3)13(4)24-18(15)20-10-19-16/h10-11,14H,5-9H2,1-4H3,(H,21,23)/t11-/m1/s1. The Morgan fingerprint density at radius 1 is 1.38 bits per heavy atom. The number of hydrogen-bond donors (Lipinski definition) is 1. The topological polar surface area (TPSA) is 58.1 Å². The van der Waals surface area contributed by atoms with E-state index in [0.717, 1.165) is 43.0 Å². The lowest BCUT2D eigenvalue weighted by Gasteiger charge is -2.33. The van der Waals surface area contributed by atoms with Gasteiger partial charge in [-0.2, -0.15) is 0 Å². The van der Waals surface area contributed by atoms with Gasteiger partial charge in [-0.3, -0.25) is 4.79 Å². The molecule has 3 rings (SSSR count). The van der Waals surface area contributed by atoms with Gasteiger partial charge in [0.05, 0.1) is 5.39 Å². The average Bonchev–Trinajstić information content (AvgIpc) is 2.89. The molecule has 5 nitrogen and oxygen atoms in total. The summed E-state index contributed by atoms with van der Waals surface area (Å²) < 4.78 is 0. The second-order valence-corrected chi connectivity index (χ2v) is 7.94. The van der Waals surface area contributed by atoms with Gasteiger partial charge in [0.15, 0.2) is 0 Å². The molecule has 1 N–H and O–H groups in total. The van der Waals surface area contributed by atoms with Crippen LogP contribution in [-0.2, 0) is 4.79 Å². The number of thiophene rings is 1. The quantitative estimate of drug-likeness (QED) is 0.921. The molecule has 0 unspecified atom stereocenters. The van der Waals surface area contributed by atoms with E-state index in [4.69, 9.17) is 0 Å². The SMILES string of the molecule is CC[C@@H](C)NC(=O)C1CCN(c2ncnc3sc(C)c(C)c23)CC1. The zero-order valence-electron chi connectivity index (χ0n) is 14.9.